The van der Waals surface area contributed by atoms with Crippen LogP contribution in [0.3, 0.4) is 0 Å². The van der Waals surface area contributed by atoms with Gasteiger partial charge in [0.05, 0.1) is 30.1 Å². The number of aryl methyl sites for hydroxylation is 1. The third-order valence-electron chi connectivity index (χ3n) is 6.87. The second-order valence-corrected chi connectivity index (χ2v) is 9.46. The number of fused-ring (bicyclic) bond motifs is 2. The summed E-state index contributed by atoms with van der Waals surface area (Å²) in [5, 5.41) is 19.6. The topological polar surface area (TPSA) is 110 Å². The van der Waals surface area contributed by atoms with E-state index < -0.39 is 6.09 Å². The quantitative estimate of drug-likeness (QED) is 0.290. The lowest BCUT2D eigenvalue weighted by Crippen LogP contribution is -2.37. The largest absolute Gasteiger partial charge is 0.445 e. The fourth-order valence-corrected chi connectivity index (χ4v) is 5.03. The van der Waals surface area contributed by atoms with Crippen LogP contribution in [-0.2, 0) is 17.7 Å². The van der Waals surface area contributed by atoms with E-state index in [0.717, 1.165) is 47.1 Å². The normalized spacial score (nSPS) is 15.6. The van der Waals surface area contributed by atoms with Crippen LogP contribution in [0.15, 0.2) is 67.3 Å². The molecule has 1 atom stereocenters. The molecule has 4 heterocycles. The number of nitrogens with one attached hydrogen (secondary N) is 3. The molecular weight excluding hydrogens is 480 g/mol. The summed E-state index contributed by atoms with van der Waals surface area (Å²) in [6.07, 6.45) is 7.17. The first-order chi connectivity index (χ1) is 18.7. The van der Waals surface area contributed by atoms with E-state index in [2.05, 4.69) is 55.4 Å². The van der Waals surface area contributed by atoms with Crippen LogP contribution in [0.5, 0.6) is 0 Å². The monoisotopic (exact) mass is 510 g/mol. The van der Waals surface area contributed by atoms with Crippen LogP contribution in [0.1, 0.15) is 30.9 Å². The number of ether oxygens (including phenoxy) is 1. The van der Waals surface area contributed by atoms with Gasteiger partial charge < -0.3 is 15.4 Å². The molecule has 1 aliphatic heterocycles. The summed E-state index contributed by atoms with van der Waals surface area (Å²) in [7, 11) is 0. The highest BCUT2D eigenvalue weighted by molar-refractivity contribution is 5.91. The molecule has 194 valence electrons. The predicted molar refractivity (Wildman–Crippen MR) is 147 cm³/mol. The Morgan fingerprint density at radius 2 is 2.08 bits per heavy atom. The Balaban J connectivity index is 1.24. The molecule has 38 heavy (non-hydrogen) atoms. The molecule has 6 rings (SSSR count). The first-order valence-corrected chi connectivity index (χ1v) is 13.0. The highest BCUT2D eigenvalue weighted by atomic mass is 16.6. The highest BCUT2D eigenvalue weighted by Gasteiger charge is 2.21. The maximum Gasteiger partial charge on any atom is 0.412 e. The third kappa shape index (κ3) is 4.90. The van der Waals surface area contributed by atoms with E-state index in [1.165, 1.54) is 11.9 Å². The molecule has 10 heteroatoms. The van der Waals surface area contributed by atoms with Gasteiger partial charge in [0.2, 0.25) is 0 Å². The van der Waals surface area contributed by atoms with Gasteiger partial charge in [0.25, 0.3) is 0 Å². The lowest BCUT2D eigenvalue weighted by atomic mass is 10.1. The minimum Gasteiger partial charge on any atom is -0.445 e. The number of hydrogen-bond acceptors (Lipinski definition) is 7. The number of piperidine rings is 1. The van der Waals surface area contributed by atoms with Crippen molar-refractivity contribution in [2.75, 3.05) is 23.7 Å². The second kappa shape index (κ2) is 10.5. The number of aromatic nitrogens is 5. The fourth-order valence-electron chi connectivity index (χ4n) is 5.03. The van der Waals surface area contributed by atoms with Crippen molar-refractivity contribution in [1.82, 2.24) is 29.7 Å². The smallest absolute Gasteiger partial charge is 0.412 e. The molecule has 3 N–H and O–H groups in total. The van der Waals surface area contributed by atoms with Crippen molar-refractivity contribution >= 4 is 39.7 Å². The molecule has 0 aliphatic carbocycles. The zero-order valence-electron chi connectivity index (χ0n) is 21.2. The Labute approximate surface area is 220 Å². The summed E-state index contributed by atoms with van der Waals surface area (Å²) >= 11 is 0. The average Bonchev–Trinajstić information content (AvgIpc) is 3.50. The van der Waals surface area contributed by atoms with Crippen molar-refractivity contribution < 1.29 is 9.53 Å². The Hall–Kier alpha value is -4.44. The van der Waals surface area contributed by atoms with Crippen molar-refractivity contribution in [2.45, 2.75) is 38.8 Å². The lowest BCUT2D eigenvalue weighted by molar-refractivity contribution is 0.0941. The lowest BCUT2D eigenvalue weighted by Gasteiger charge is -2.22. The van der Waals surface area contributed by atoms with E-state index in [1.54, 1.807) is 10.7 Å². The first-order valence-electron chi connectivity index (χ1n) is 13.0. The van der Waals surface area contributed by atoms with Gasteiger partial charge >= 0.3 is 6.09 Å². The van der Waals surface area contributed by atoms with Gasteiger partial charge in [-0.1, -0.05) is 37.3 Å². The van der Waals surface area contributed by atoms with Crippen LogP contribution in [0.2, 0.25) is 0 Å². The molecule has 1 saturated heterocycles. The Kier molecular flexibility index (Phi) is 6.62. The van der Waals surface area contributed by atoms with Crippen molar-refractivity contribution in [3.63, 3.8) is 0 Å². The fraction of sp³-hybridized carbons (Fsp3) is 0.286. The van der Waals surface area contributed by atoms with Crippen molar-refractivity contribution in [3.8, 4) is 0 Å². The van der Waals surface area contributed by atoms with Gasteiger partial charge in [0.15, 0.2) is 5.82 Å². The Morgan fingerprint density at radius 1 is 1.18 bits per heavy atom. The molecule has 10 nitrogen and oxygen atoms in total. The average molecular weight is 511 g/mol. The van der Waals surface area contributed by atoms with E-state index in [-0.39, 0.29) is 6.10 Å². The van der Waals surface area contributed by atoms with E-state index in [0.29, 0.717) is 31.0 Å². The number of amides is 1. The Morgan fingerprint density at radius 3 is 2.89 bits per heavy atom. The molecule has 1 amide bonds. The first kappa shape index (κ1) is 23.9. The van der Waals surface area contributed by atoms with Crippen LogP contribution < -0.4 is 16.0 Å². The maximum absolute atomic E-state index is 12.6. The summed E-state index contributed by atoms with van der Waals surface area (Å²) < 4.78 is 9.35. The van der Waals surface area contributed by atoms with Gasteiger partial charge in [-0.3, -0.25) is 10.00 Å². The number of nitrogens with zero attached hydrogens (tertiary/aromatic N) is 5. The molecule has 0 spiro atoms. The summed E-state index contributed by atoms with van der Waals surface area (Å²) in [5.41, 5.74) is 5.56. The predicted octanol–water partition coefficient (Wildman–Crippen LogP) is 4.73. The molecular formula is C28H30N8O2. The van der Waals surface area contributed by atoms with Gasteiger partial charge in [0, 0.05) is 23.2 Å². The van der Waals surface area contributed by atoms with E-state index in [1.807, 2.05) is 42.1 Å². The summed E-state index contributed by atoms with van der Waals surface area (Å²) in [4.78, 5) is 17.1. The van der Waals surface area contributed by atoms with E-state index in [4.69, 9.17) is 4.74 Å². The van der Waals surface area contributed by atoms with Gasteiger partial charge in [-0.25, -0.2) is 14.3 Å². The van der Waals surface area contributed by atoms with Crippen molar-refractivity contribution in [2.24, 2.45) is 0 Å². The zero-order valence-corrected chi connectivity index (χ0v) is 21.2. The van der Waals surface area contributed by atoms with Crippen molar-refractivity contribution in [3.05, 3.63) is 78.4 Å². The maximum atomic E-state index is 12.6. The van der Waals surface area contributed by atoms with Crippen LogP contribution in [0, 0.1) is 0 Å². The van der Waals surface area contributed by atoms with Crippen LogP contribution in [0.25, 0.3) is 16.4 Å². The number of rotatable bonds is 7. The zero-order chi connectivity index (χ0) is 25.9. The molecule has 1 aliphatic rings. The summed E-state index contributed by atoms with van der Waals surface area (Å²) in [6, 6.07) is 16.4. The number of benzene rings is 2. The minimum absolute atomic E-state index is 0.116. The standard InChI is InChI=1S/C28H30N8O2/c1-2-23-24(34-28(37)38-22-9-6-12-29-15-22)17-36-26(23)27(30-18-32-36)33-21-10-11-25-20(13-21)14-31-35(25)16-19-7-4-3-5-8-19/h3-5,7-8,10-11,13-14,17-18,22,29H,2,6,9,12,15-16H2,1H3,(H,34,37)(H,30,32,33)/t22-/m0/s1. The molecule has 0 unspecified atom stereocenters. The number of carbonyl (C=O) groups excluding carboxylic acids is 1. The number of carbonyl (C=O) groups is 1. The summed E-state index contributed by atoms with van der Waals surface area (Å²) in [6.45, 7) is 4.40. The van der Waals surface area contributed by atoms with Crippen LogP contribution in [0.4, 0.5) is 22.0 Å². The SMILES string of the molecule is CCc1c(NC(=O)O[C@H]2CCCNC2)cn2ncnc(Nc3ccc4c(cnn4Cc4ccccc4)c3)c12. The molecule has 0 radical (unpaired) electrons. The van der Waals surface area contributed by atoms with E-state index >= 15 is 0 Å². The van der Waals surface area contributed by atoms with Gasteiger partial charge in [-0.15, -0.1) is 0 Å². The summed E-state index contributed by atoms with van der Waals surface area (Å²) in [5.74, 6) is 0.658. The molecule has 0 saturated carbocycles. The molecule has 0 bridgehead atoms. The van der Waals surface area contributed by atoms with Crippen LogP contribution in [-0.4, -0.2) is 49.7 Å². The van der Waals surface area contributed by atoms with Crippen molar-refractivity contribution in [1.29, 1.82) is 0 Å². The third-order valence-corrected chi connectivity index (χ3v) is 6.87. The van der Waals surface area contributed by atoms with Crippen LogP contribution >= 0.6 is 0 Å². The van der Waals surface area contributed by atoms with Gasteiger partial charge in [-0.05, 0) is 49.6 Å². The Bertz CT molecular complexity index is 1570. The minimum atomic E-state index is -0.454. The number of anilines is 3. The molecule has 3 aromatic heterocycles. The van der Waals surface area contributed by atoms with Gasteiger partial charge in [0.1, 0.15) is 17.9 Å². The highest BCUT2D eigenvalue weighted by Crippen LogP contribution is 2.30. The van der Waals surface area contributed by atoms with E-state index in [9.17, 15) is 4.79 Å². The van der Waals surface area contributed by atoms with Gasteiger partial charge in [-0.2, -0.15) is 10.2 Å². The molecule has 2 aromatic carbocycles. The molecule has 5 aromatic rings. The molecule has 1 fully saturated rings. The number of hydrogen-bond donors (Lipinski definition) is 3. The second-order valence-electron chi connectivity index (χ2n) is 9.46.